The third-order valence-corrected chi connectivity index (χ3v) is 5.66. The summed E-state index contributed by atoms with van der Waals surface area (Å²) in [6, 6.07) is 25.2. The van der Waals surface area contributed by atoms with Crippen molar-refractivity contribution < 1.29 is 9.59 Å². The monoisotopic (exact) mass is 383 g/mol. The molecule has 5 rings (SSSR count). The summed E-state index contributed by atoms with van der Waals surface area (Å²) < 4.78 is 0. The fraction of sp³-hybridized carbons (Fsp3) is 0.167. The summed E-state index contributed by atoms with van der Waals surface area (Å²) in [5.74, 6) is -0.115. The number of amides is 2. The Kier molecular flexibility index (Phi) is 4.28. The zero-order valence-corrected chi connectivity index (χ0v) is 15.8. The first-order valence-corrected chi connectivity index (χ1v) is 9.82. The molecule has 1 saturated heterocycles. The molecule has 3 aromatic carbocycles. The predicted octanol–water partition coefficient (Wildman–Crippen LogP) is 3.68. The standard InChI is InChI=1S/C24H21N3O2/c28-23(18-12-10-17(11-13-18)16-6-2-1-3-7-16)25-19-14-22-24(29)26-20-8-4-5-9-21(20)27(22)15-19/h1-13,19,22H,14-15H2,(H,25,28)(H,26,29). The van der Waals surface area contributed by atoms with Gasteiger partial charge in [-0.1, -0.05) is 54.6 Å². The molecule has 0 aromatic heterocycles. The minimum absolute atomic E-state index is 0.00679. The van der Waals surface area contributed by atoms with Crippen LogP contribution in [0, 0.1) is 0 Å². The highest BCUT2D eigenvalue weighted by Crippen LogP contribution is 2.36. The Morgan fingerprint density at radius 1 is 0.897 bits per heavy atom. The SMILES string of the molecule is O=C(NC1CC2C(=O)Nc3ccccc3N2C1)c1ccc(-c2ccccc2)cc1. The molecular weight excluding hydrogens is 362 g/mol. The van der Waals surface area contributed by atoms with Crippen molar-refractivity contribution in [2.24, 2.45) is 0 Å². The Morgan fingerprint density at radius 2 is 1.59 bits per heavy atom. The molecule has 2 unspecified atom stereocenters. The molecule has 2 aliphatic heterocycles. The van der Waals surface area contributed by atoms with E-state index < -0.39 is 0 Å². The molecule has 1 fully saturated rings. The Labute approximate surface area is 169 Å². The molecule has 2 aliphatic rings. The summed E-state index contributed by atoms with van der Waals surface area (Å²) in [6.45, 7) is 0.628. The maximum Gasteiger partial charge on any atom is 0.251 e. The van der Waals surface area contributed by atoms with Gasteiger partial charge in [-0.05, 0) is 41.8 Å². The van der Waals surface area contributed by atoms with Crippen LogP contribution in [0.1, 0.15) is 16.8 Å². The quantitative estimate of drug-likeness (QED) is 0.725. The van der Waals surface area contributed by atoms with Crippen LogP contribution in [-0.2, 0) is 4.79 Å². The van der Waals surface area contributed by atoms with Gasteiger partial charge in [0.05, 0.1) is 11.4 Å². The van der Waals surface area contributed by atoms with Crippen molar-refractivity contribution in [3.63, 3.8) is 0 Å². The van der Waals surface area contributed by atoms with Crippen LogP contribution >= 0.6 is 0 Å². The van der Waals surface area contributed by atoms with E-state index in [0.29, 0.717) is 18.5 Å². The van der Waals surface area contributed by atoms with E-state index in [1.165, 1.54) is 0 Å². The van der Waals surface area contributed by atoms with Crippen LogP contribution in [0.15, 0.2) is 78.9 Å². The number of carbonyl (C=O) groups excluding carboxylic acids is 2. The lowest BCUT2D eigenvalue weighted by atomic mass is 10.0. The molecule has 2 amide bonds. The number of anilines is 2. The molecule has 0 radical (unpaired) electrons. The maximum atomic E-state index is 12.8. The molecule has 5 heteroatoms. The molecule has 0 aliphatic carbocycles. The Hall–Kier alpha value is -3.60. The molecule has 2 heterocycles. The summed E-state index contributed by atoms with van der Waals surface area (Å²) >= 11 is 0. The summed E-state index contributed by atoms with van der Waals surface area (Å²) in [5, 5.41) is 6.07. The third kappa shape index (κ3) is 3.25. The van der Waals surface area contributed by atoms with Gasteiger partial charge in [0.25, 0.3) is 5.91 Å². The van der Waals surface area contributed by atoms with Crippen molar-refractivity contribution in [2.75, 3.05) is 16.8 Å². The number of hydrogen-bond donors (Lipinski definition) is 2. The summed E-state index contributed by atoms with van der Waals surface area (Å²) in [4.78, 5) is 27.3. The van der Waals surface area contributed by atoms with Gasteiger partial charge in [-0.3, -0.25) is 9.59 Å². The number of hydrogen-bond acceptors (Lipinski definition) is 3. The van der Waals surface area contributed by atoms with Gasteiger partial charge in [-0.25, -0.2) is 0 Å². The van der Waals surface area contributed by atoms with E-state index in [4.69, 9.17) is 0 Å². The number of carbonyl (C=O) groups is 2. The van der Waals surface area contributed by atoms with Crippen LogP contribution in [0.2, 0.25) is 0 Å². The van der Waals surface area contributed by atoms with E-state index in [-0.39, 0.29) is 23.9 Å². The van der Waals surface area contributed by atoms with Crippen molar-refractivity contribution in [1.29, 1.82) is 0 Å². The Balaban J connectivity index is 1.29. The van der Waals surface area contributed by atoms with Crippen molar-refractivity contribution in [1.82, 2.24) is 5.32 Å². The van der Waals surface area contributed by atoms with E-state index in [1.807, 2.05) is 78.9 Å². The topological polar surface area (TPSA) is 61.4 Å². The highest BCUT2D eigenvalue weighted by molar-refractivity contribution is 6.04. The second kappa shape index (κ2) is 7.09. The number of para-hydroxylation sites is 2. The van der Waals surface area contributed by atoms with E-state index in [9.17, 15) is 9.59 Å². The first-order chi connectivity index (χ1) is 14.2. The first kappa shape index (κ1) is 17.5. The van der Waals surface area contributed by atoms with Crippen LogP contribution in [0.3, 0.4) is 0 Å². The lowest BCUT2D eigenvalue weighted by Gasteiger charge is -2.32. The fourth-order valence-electron chi connectivity index (χ4n) is 4.21. The minimum Gasteiger partial charge on any atom is -0.356 e. The van der Waals surface area contributed by atoms with Gasteiger partial charge in [0.2, 0.25) is 5.91 Å². The van der Waals surface area contributed by atoms with E-state index in [2.05, 4.69) is 15.5 Å². The molecule has 144 valence electrons. The molecule has 29 heavy (non-hydrogen) atoms. The largest absolute Gasteiger partial charge is 0.356 e. The number of nitrogens with one attached hydrogen (secondary N) is 2. The van der Waals surface area contributed by atoms with Gasteiger partial charge in [0.1, 0.15) is 6.04 Å². The van der Waals surface area contributed by atoms with Gasteiger partial charge in [0.15, 0.2) is 0 Å². The second-order valence-electron chi connectivity index (χ2n) is 7.52. The van der Waals surface area contributed by atoms with Crippen molar-refractivity contribution in [3.05, 3.63) is 84.4 Å². The lowest BCUT2D eigenvalue weighted by Crippen LogP contribution is -2.44. The normalized spacial score (nSPS) is 19.9. The average molecular weight is 383 g/mol. The molecule has 2 atom stereocenters. The fourth-order valence-corrected chi connectivity index (χ4v) is 4.21. The van der Waals surface area contributed by atoms with Crippen LogP contribution in [0.25, 0.3) is 11.1 Å². The Morgan fingerprint density at radius 3 is 2.38 bits per heavy atom. The van der Waals surface area contributed by atoms with Gasteiger partial charge in [0, 0.05) is 18.2 Å². The van der Waals surface area contributed by atoms with Crippen LogP contribution in [-0.4, -0.2) is 30.4 Å². The minimum atomic E-state index is -0.240. The highest BCUT2D eigenvalue weighted by Gasteiger charge is 2.41. The van der Waals surface area contributed by atoms with E-state index >= 15 is 0 Å². The van der Waals surface area contributed by atoms with Crippen LogP contribution in [0.4, 0.5) is 11.4 Å². The predicted molar refractivity (Wildman–Crippen MR) is 114 cm³/mol. The molecule has 2 N–H and O–H groups in total. The van der Waals surface area contributed by atoms with Crippen LogP contribution < -0.4 is 15.5 Å². The maximum absolute atomic E-state index is 12.8. The van der Waals surface area contributed by atoms with Gasteiger partial charge in [-0.2, -0.15) is 0 Å². The zero-order chi connectivity index (χ0) is 19.8. The number of nitrogens with zero attached hydrogens (tertiary/aromatic N) is 1. The molecule has 0 saturated carbocycles. The van der Waals surface area contributed by atoms with Gasteiger partial charge >= 0.3 is 0 Å². The van der Waals surface area contributed by atoms with Crippen molar-refractivity contribution in [2.45, 2.75) is 18.5 Å². The summed E-state index contributed by atoms with van der Waals surface area (Å²) in [7, 11) is 0. The number of fused-ring (bicyclic) bond motifs is 3. The number of benzene rings is 3. The molecular formula is C24H21N3O2. The summed E-state index contributed by atoms with van der Waals surface area (Å²) in [5.41, 5.74) is 4.67. The molecule has 0 bridgehead atoms. The lowest BCUT2D eigenvalue weighted by molar-refractivity contribution is -0.117. The first-order valence-electron chi connectivity index (χ1n) is 9.82. The molecule has 5 nitrogen and oxygen atoms in total. The number of rotatable bonds is 3. The smallest absolute Gasteiger partial charge is 0.251 e. The molecule has 3 aromatic rings. The van der Waals surface area contributed by atoms with Crippen molar-refractivity contribution >= 4 is 23.2 Å². The molecule has 0 spiro atoms. The average Bonchev–Trinajstić information content (AvgIpc) is 3.19. The van der Waals surface area contributed by atoms with Gasteiger partial charge < -0.3 is 15.5 Å². The van der Waals surface area contributed by atoms with E-state index in [1.54, 1.807) is 0 Å². The second-order valence-corrected chi connectivity index (χ2v) is 7.52. The Bertz CT molecular complexity index is 1060. The van der Waals surface area contributed by atoms with Crippen molar-refractivity contribution in [3.8, 4) is 11.1 Å². The van der Waals surface area contributed by atoms with Gasteiger partial charge in [-0.15, -0.1) is 0 Å². The summed E-state index contributed by atoms with van der Waals surface area (Å²) in [6.07, 6.45) is 0.605. The van der Waals surface area contributed by atoms with E-state index in [0.717, 1.165) is 22.5 Å². The zero-order valence-electron chi connectivity index (χ0n) is 15.8. The van der Waals surface area contributed by atoms with Crippen LogP contribution in [0.5, 0.6) is 0 Å². The third-order valence-electron chi connectivity index (χ3n) is 5.66. The highest BCUT2D eigenvalue weighted by atomic mass is 16.2.